The second-order valence-corrected chi connectivity index (χ2v) is 5.23. The maximum absolute atomic E-state index is 12.7. The van der Waals surface area contributed by atoms with E-state index in [1.54, 1.807) is 17.0 Å². The Labute approximate surface area is 127 Å². The highest BCUT2D eigenvalue weighted by Crippen LogP contribution is 2.05. The molecule has 7 heteroatoms. The number of hydrogen-bond acceptors (Lipinski definition) is 4. The lowest BCUT2D eigenvalue weighted by Gasteiger charge is -2.32. The summed E-state index contributed by atoms with van der Waals surface area (Å²) in [5, 5.41) is 2.50. The molecule has 1 aromatic heterocycles. The van der Waals surface area contributed by atoms with Crippen molar-refractivity contribution in [2.75, 3.05) is 32.7 Å². The summed E-state index contributed by atoms with van der Waals surface area (Å²) in [6.07, 6.45) is 0. The normalized spacial score (nSPS) is 16.0. The fraction of sp³-hybridized carbons (Fsp3) is 0.400. The van der Waals surface area contributed by atoms with E-state index >= 15 is 0 Å². The summed E-state index contributed by atoms with van der Waals surface area (Å²) < 4.78 is 6.23. The van der Waals surface area contributed by atoms with E-state index < -0.39 is 5.63 Å². The largest absolute Gasteiger partial charge is 0.441 e. The number of nitrogens with one attached hydrogen (secondary N) is 1. The third kappa shape index (κ3) is 2.67. The van der Waals surface area contributed by atoms with Crippen LogP contribution in [0, 0.1) is 0 Å². The van der Waals surface area contributed by atoms with Gasteiger partial charge < -0.3 is 9.80 Å². The Hall–Kier alpha value is -2.41. The summed E-state index contributed by atoms with van der Waals surface area (Å²) >= 11 is 0. The van der Waals surface area contributed by atoms with Crippen LogP contribution in [0.1, 0.15) is 17.4 Å². The molecule has 116 valence electrons. The van der Waals surface area contributed by atoms with Gasteiger partial charge in [0.15, 0.2) is 0 Å². The molecule has 0 radical (unpaired) electrons. The molecule has 1 aliphatic heterocycles. The van der Waals surface area contributed by atoms with Crippen LogP contribution in [0.25, 0.3) is 5.69 Å². The van der Waals surface area contributed by atoms with Gasteiger partial charge in [0.05, 0.1) is 0 Å². The summed E-state index contributed by atoms with van der Waals surface area (Å²) in [6.45, 7) is 5.95. The van der Waals surface area contributed by atoms with Crippen molar-refractivity contribution in [1.29, 1.82) is 0 Å². The number of benzene rings is 1. The number of aromatic nitrogens is 2. The Bertz CT molecular complexity index is 699. The molecule has 1 aromatic carbocycles. The Morgan fingerprint density at radius 2 is 1.91 bits per heavy atom. The average Bonchev–Trinajstić information content (AvgIpc) is 2.96. The number of amides is 1. The van der Waals surface area contributed by atoms with E-state index in [4.69, 9.17) is 4.52 Å². The van der Waals surface area contributed by atoms with Gasteiger partial charge in [-0.3, -0.25) is 9.32 Å². The standard InChI is InChI=1S/C15H18N4O3/c1-2-17-8-10-18(11-9-17)14(20)13-15(21)22-16-19(13)12-6-4-3-5-7-12/h3-7H,2,8-11H2,1H3/p+1. The lowest BCUT2D eigenvalue weighted by Crippen LogP contribution is -2.52. The number of carbonyl (C=O) groups is 1. The highest BCUT2D eigenvalue weighted by Gasteiger charge is 2.35. The Morgan fingerprint density at radius 1 is 1.23 bits per heavy atom. The first-order valence-electron chi connectivity index (χ1n) is 7.41. The number of nitrogens with zero attached hydrogens (tertiary/aromatic N) is 3. The predicted octanol–water partition coefficient (Wildman–Crippen LogP) is 0.0223. The molecule has 0 bridgehead atoms. The van der Waals surface area contributed by atoms with Crippen LogP contribution in [0.15, 0.2) is 39.6 Å². The second kappa shape index (κ2) is 6.15. The van der Waals surface area contributed by atoms with Gasteiger partial charge in [-0.25, -0.2) is 4.79 Å². The van der Waals surface area contributed by atoms with Crippen LogP contribution in [0.5, 0.6) is 0 Å². The summed E-state index contributed by atoms with van der Waals surface area (Å²) in [5.74, 6) is -0.297. The van der Waals surface area contributed by atoms with Crippen molar-refractivity contribution in [3.8, 4) is 5.69 Å². The van der Waals surface area contributed by atoms with E-state index in [1.807, 2.05) is 18.2 Å². The predicted molar refractivity (Wildman–Crippen MR) is 78.9 cm³/mol. The third-order valence-electron chi connectivity index (χ3n) is 3.97. The molecule has 1 aliphatic rings. The van der Waals surface area contributed by atoms with Crippen LogP contribution in [0.3, 0.4) is 0 Å². The fourth-order valence-electron chi connectivity index (χ4n) is 2.63. The van der Waals surface area contributed by atoms with E-state index in [-0.39, 0.29) is 11.6 Å². The number of rotatable bonds is 3. The Morgan fingerprint density at radius 3 is 2.55 bits per heavy atom. The van der Waals surface area contributed by atoms with Crippen molar-refractivity contribution in [3.05, 3.63) is 46.4 Å². The first-order valence-corrected chi connectivity index (χ1v) is 7.41. The zero-order chi connectivity index (χ0) is 15.5. The zero-order valence-corrected chi connectivity index (χ0v) is 12.5. The van der Waals surface area contributed by atoms with Crippen LogP contribution < -0.4 is 10.3 Å². The van der Waals surface area contributed by atoms with E-state index in [0.29, 0.717) is 18.8 Å². The summed E-state index contributed by atoms with van der Waals surface area (Å²) in [5.41, 5.74) is 0.0480. The maximum Gasteiger partial charge on any atom is 0.441 e. The Kier molecular flexibility index (Phi) is 4.06. The summed E-state index contributed by atoms with van der Waals surface area (Å²) in [4.78, 5) is 28.6. The summed E-state index contributed by atoms with van der Waals surface area (Å²) in [6, 6.07) is 9.14. The van der Waals surface area contributed by atoms with Gasteiger partial charge in [-0.05, 0) is 16.5 Å². The molecule has 0 saturated carbocycles. The van der Waals surface area contributed by atoms with Crippen LogP contribution in [0.2, 0.25) is 0 Å². The molecule has 7 nitrogen and oxygen atoms in total. The highest BCUT2D eigenvalue weighted by molar-refractivity contribution is 5.90. The quantitative estimate of drug-likeness (QED) is 0.812. The van der Waals surface area contributed by atoms with Gasteiger partial charge in [0.1, 0.15) is 0 Å². The molecule has 1 saturated heterocycles. The van der Waals surface area contributed by atoms with Gasteiger partial charge in [-0.1, -0.05) is 25.1 Å². The van der Waals surface area contributed by atoms with Crippen LogP contribution in [-0.2, 0) is 0 Å². The number of likely N-dealkylation sites (N-methyl/N-ethyl adjacent to an activating group) is 1. The van der Waals surface area contributed by atoms with Crippen molar-refractivity contribution < 1.29 is 14.0 Å². The molecule has 22 heavy (non-hydrogen) atoms. The molecular formula is C15H19N4O3+. The molecule has 1 N–H and O–H groups in total. The first-order chi connectivity index (χ1) is 10.7. The van der Waals surface area contributed by atoms with Crippen molar-refractivity contribution in [2.45, 2.75) is 6.92 Å². The van der Waals surface area contributed by atoms with E-state index in [1.165, 1.54) is 4.68 Å². The molecule has 1 amide bonds. The minimum absolute atomic E-state index is 0.0103. The Balaban J connectivity index is 1.88. The average molecular weight is 303 g/mol. The first kappa shape index (κ1) is 14.5. The molecule has 0 aliphatic carbocycles. The fourth-order valence-corrected chi connectivity index (χ4v) is 2.63. The number of H-pyrrole nitrogens is 1. The van der Waals surface area contributed by atoms with Crippen molar-refractivity contribution in [2.24, 2.45) is 0 Å². The van der Waals surface area contributed by atoms with Crippen LogP contribution in [-0.4, -0.2) is 53.7 Å². The molecule has 2 heterocycles. The monoisotopic (exact) mass is 303 g/mol. The van der Waals surface area contributed by atoms with E-state index in [0.717, 1.165) is 19.6 Å². The number of para-hydroxylation sites is 1. The van der Waals surface area contributed by atoms with Crippen molar-refractivity contribution in [1.82, 2.24) is 15.1 Å². The molecule has 2 aromatic rings. The van der Waals surface area contributed by atoms with Gasteiger partial charge in [-0.15, -0.1) is 0 Å². The number of piperazine rings is 1. The highest BCUT2D eigenvalue weighted by atomic mass is 16.5. The number of hydrogen-bond donors (Lipinski definition) is 1. The molecule has 0 atom stereocenters. The minimum atomic E-state index is -0.647. The SMILES string of the molecule is CCN1CCN(C(=O)c2c(=O)o[nH][n+]2-c2ccccc2)CC1. The summed E-state index contributed by atoms with van der Waals surface area (Å²) in [7, 11) is 0. The van der Waals surface area contributed by atoms with Gasteiger partial charge >= 0.3 is 17.2 Å². The molecular weight excluding hydrogens is 284 g/mol. The third-order valence-corrected chi connectivity index (χ3v) is 3.97. The topological polar surface area (TPSA) is 73.4 Å². The van der Waals surface area contributed by atoms with Gasteiger partial charge in [-0.2, -0.15) is 0 Å². The minimum Gasteiger partial charge on any atom is -0.331 e. The van der Waals surface area contributed by atoms with E-state index in [2.05, 4.69) is 17.1 Å². The number of aromatic amines is 1. The lowest BCUT2D eigenvalue weighted by atomic mass is 10.2. The second-order valence-electron chi connectivity index (χ2n) is 5.23. The molecule has 0 spiro atoms. The molecule has 3 rings (SSSR count). The van der Waals surface area contributed by atoms with Crippen molar-refractivity contribution >= 4 is 5.91 Å². The van der Waals surface area contributed by atoms with Crippen LogP contribution >= 0.6 is 0 Å². The van der Waals surface area contributed by atoms with E-state index in [9.17, 15) is 9.59 Å². The molecule has 0 unspecified atom stereocenters. The van der Waals surface area contributed by atoms with Crippen LogP contribution in [0.4, 0.5) is 0 Å². The smallest absolute Gasteiger partial charge is 0.331 e. The maximum atomic E-state index is 12.7. The zero-order valence-electron chi connectivity index (χ0n) is 12.5. The number of carbonyl (C=O) groups excluding carboxylic acids is 1. The van der Waals surface area contributed by atoms with Gasteiger partial charge in [0.25, 0.3) is 0 Å². The lowest BCUT2D eigenvalue weighted by molar-refractivity contribution is -0.672. The van der Waals surface area contributed by atoms with Gasteiger partial charge in [0.2, 0.25) is 5.69 Å². The van der Waals surface area contributed by atoms with Gasteiger partial charge in [0, 0.05) is 38.3 Å². The van der Waals surface area contributed by atoms with Crippen molar-refractivity contribution in [3.63, 3.8) is 0 Å². The molecule has 1 fully saturated rings.